The summed E-state index contributed by atoms with van der Waals surface area (Å²) in [5, 5.41) is 0.999. The number of halogens is 2. The maximum absolute atomic E-state index is 13.1. The van der Waals surface area contributed by atoms with Gasteiger partial charge < -0.3 is 23.7 Å². The van der Waals surface area contributed by atoms with Crippen molar-refractivity contribution in [3.05, 3.63) is 112 Å². The smallest absolute Gasteiger partial charge is 0.243 e. The first-order valence-corrected chi connectivity index (χ1v) is 16.6. The molecule has 0 aliphatic carbocycles. The van der Waals surface area contributed by atoms with Gasteiger partial charge in [0.05, 0.1) is 42.6 Å². The molecule has 6 rings (SSSR count). The number of hydrogen-bond acceptors (Lipinski definition) is 7. The van der Waals surface area contributed by atoms with Crippen molar-refractivity contribution >= 4 is 38.9 Å². The lowest BCUT2D eigenvalue weighted by Gasteiger charge is -2.41. The van der Waals surface area contributed by atoms with Crippen molar-refractivity contribution in [2.75, 3.05) is 44.3 Å². The monoisotopic (exact) mass is 656 g/mol. The molecule has 2 aliphatic rings. The van der Waals surface area contributed by atoms with Crippen molar-refractivity contribution in [3.8, 4) is 0 Å². The maximum Gasteiger partial charge on any atom is 0.243 e. The van der Waals surface area contributed by atoms with Gasteiger partial charge in [-0.2, -0.15) is 4.31 Å². The Morgan fingerprint density at radius 1 is 0.977 bits per heavy atom. The number of piperazine rings is 1. The normalized spacial score (nSPS) is 21.4. The lowest BCUT2D eigenvalue weighted by Crippen LogP contribution is -2.48. The quantitative estimate of drug-likeness (QED) is 0.235. The number of anilines is 1. The molecule has 3 aromatic carbocycles. The fourth-order valence-electron chi connectivity index (χ4n) is 5.52. The van der Waals surface area contributed by atoms with Crippen LogP contribution in [-0.2, 0) is 43.2 Å². The van der Waals surface area contributed by atoms with Gasteiger partial charge in [0, 0.05) is 54.8 Å². The average molecular weight is 658 g/mol. The van der Waals surface area contributed by atoms with Crippen molar-refractivity contribution in [3.63, 3.8) is 0 Å². The van der Waals surface area contributed by atoms with Gasteiger partial charge in [-0.05, 0) is 54.4 Å². The van der Waals surface area contributed by atoms with Gasteiger partial charge in [-0.1, -0.05) is 53.5 Å². The Labute approximate surface area is 267 Å². The fourth-order valence-corrected chi connectivity index (χ4v) is 7.60. The first-order valence-electron chi connectivity index (χ1n) is 14.4. The zero-order chi connectivity index (χ0) is 30.7. The molecule has 0 amide bonds. The number of benzene rings is 3. The van der Waals surface area contributed by atoms with E-state index in [0.29, 0.717) is 73.0 Å². The Balaban J connectivity index is 1.02. The first-order chi connectivity index (χ1) is 21.2. The Bertz CT molecular complexity index is 1670. The van der Waals surface area contributed by atoms with Gasteiger partial charge in [-0.25, -0.2) is 13.4 Å². The van der Waals surface area contributed by atoms with Crippen molar-refractivity contribution in [1.82, 2.24) is 13.9 Å². The van der Waals surface area contributed by atoms with Crippen molar-refractivity contribution in [2.45, 2.75) is 36.9 Å². The van der Waals surface area contributed by atoms with E-state index >= 15 is 0 Å². The van der Waals surface area contributed by atoms with Crippen LogP contribution in [0, 0.1) is 6.92 Å². The second-order valence-electron chi connectivity index (χ2n) is 11.0. The summed E-state index contributed by atoms with van der Waals surface area (Å²) in [5.74, 6) is -1.10. The van der Waals surface area contributed by atoms with Crippen LogP contribution in [0.15, 0.2) is 90.3 Å². The summed E-state index contributed by atoms with van der Waals surface area (Å²) in [4.78, 5) is 6.69. The van der Waals surface area contributed by atoms with E-state index in [4.69, 9.17) is 37.4 Å². The number of imidazole rings is 1. The topological polar surface area (TPSA) is 86.1 Å². The third-order valence-corrected chi connectivity index (χ3v) is 10.4. The highest BCUT2D eigenvalue weighted by molar-refractivity contribution is 7.89. The highest BCUT2D eigenvalue weighted by Crippen LogP contribution is 2.38. The molecule has 4 aromatic rings. The molecule has 0 radical (unpaired) electrons. The molecule has 44 heavy (non-hydrogen) atoms. The van der Waals surface area contributed by atoms with Gasteiger partial charge in [0.15, 0.2) is 0 Å². The number of sulfonamides is 1. The minimum absolute atomic E-state index is 0.264. The lowest BCUT2D eigenvalue weighted by molar-refractivity contribution is -0.313. The van der Waals surface area contributed by atoms with E-state index in [0.717, 1.165) is 16.8 Å². The molecule has 2 fully saturated rings. The van der Waals surface area contributed by atoms with E-state index in [1.54, 1.807) is 47.2 Å². The highest BCUT2D eigenvalue weighted by Gasteiger charge is 2.42. The second kappa shape index (κ2) is 13.2. The lowest BCUT2D eigenvalue weighted by atomic mass is 10.0. The summed E-state index contributed by atoms with van der Waals surface area (Å²) in [6.07, 6.45) is 4.99. The van der Waals surface area contributed by atoms with Gasteiger partial charge in [0.1, 0.15) is 6.10 Å². The van der Waals surface area contributed by atoms with E-state index in [2.05, 4.69) is 22.0 Å². The summed E-state index contributed by atoms with van der Waals surface area (Å²) in [6.45, 7) is 5.43. The van der Waals surface area contributed by atoms with Crippen LogP contribution in [0.3, 0.4) is 0 Å². The molecule has 232 valence electrons. The van der Waals surface area contributed by atoms with Crippen LogP contribution in [0.25, 0.3) is 0 Å². The molecule has 2 saturated heterocycles. The Hall–Kier alpha value is -2.96. The molecular weight excluding hydrogens is 623 g/mol. The van der Waals surface area contributed by atoms with Crippen molar-refractivity contribution in [2.24, 2.45) is 0 Å². The van der Waals surface area contributed by atoms with Crippen molar-refractivity contribution < 1.29 is 22.6 Å². The van der Waals surface area contributed by atoms with Gasteiger partial charge in [-0.15, -0.1) is 0 Å². The highest BCUT2D eigenvalue weighted by atomic mass is 35.5. The number of aryl methyl sites for hydroxylation is 1. The Morgan fingerprint density at radius 2 is 1.73 bits per heavy atom. The number of aromatic nitrogens is 2. The number of ether oxygens (including phenoxy) is 3. The molecule has 0 unspecified atom stereocenters. The molecule has 1 aromatic heterocycles. The zero-order valence-electron chi connectivity index (χ0n) is 24.3. The maximum atomic E-state index is 13.1. The standard InChI is InChI=1S/C32H34Cl2N4O5S/c1-24-3-2-4-29(17-24)44(39,40)38-15-13-37(14-16-38)27-8-5-25(6-9-27)19-41-28-20-42-32(43-21-28,22-36-12-11-35-23-36)30-10-7-26(33)18-31(30)34/h2-12,17-18,23,28H,13-16,19-22H2,1H3. The van der Waals surface area contributed by atoms with Gasteiger partial charge in [0.25, 0.3) is 0 Å². The average Bonchev–Trinajstić information content (AvgIpc) is 3.54. The van der Waals surface area contributed by atoms with E-state index in [1.807, 2.05) is 42.0 Å². The van der Waals surface area contributed by atoms with Crippen LogP contribution in [0.1, 0.15) is 16.7 Å². The largest absolute Gasteiger partial charge is 0.369 e. The van der Waals surface area contributed by atoms with Gasteiger partial charge in [0.2, 0.25) is 15.8 Å². The third kappa shape index (κ3) is 6.82. The molecule has 12 heteroatoms. The number of rotatable bonds is 9. The van der Waals surface area contributed by atoms with E-state index < -0.39 is 15.8 Å². The zero-order valence-corrected chi connectivity index (χ0v) is 26.6. The minimum atomic E-state index is -3.50. The number of hydrogen-bond donors (Lipinski definition) is 0. The Morgan fingerprint density at radius 3 is 2.39 bits per heavy atom. The van der Waals surface area contributed by atoms with Crippen LogP contribution < -0.4 is 4.90 Å². The van der Waals surface area contributed by atoms with E-state index in [-0.39, 0.29) is 6.10 Å². The summed E-state index contributed by atoms with van der Waals surface area (Å²) in [7, 11) is -3.50. The van der Waals surface area contributed by atoms with Crippen molar-refractivity contribution in [1.29, 1.82) is 0 Å². The molecule has 9 nitrogen and oxygen atoms in total. The predicted molar refractivity (Wildman–Crippen MR) is 169 cm³/mol. The predicted octanol–water partition coefficient (Wildman–Crippen LogP) is 5.49. The summed E-state index contributed by atoms with van der Waals surface area (Å²) in [6, 6.07) is 20.5. The summed E-state index contributed by atoms with van der Waals surface area (Å²) in [5.41, 5.74) is 3.69. The van der Waals surface area contributed by atoms with Crippen LogP contribution in [0.4, 0.5) is 5.69 Å². The van der Waals surface area contributed by atoms with Gasteiger partial charge >= 0.3 is 0 Å². The molecule has 2 aliphatic heterocycles. The third-order valence-electron chi connectivity index (χ3n) is 7.95. The number of nitrogens with zero attached hydrogens (tertiary/aromatic N) is 4. The Kier molecular flexibility index (Phi) is 9.30. The van der Waals surface area contributed by atoms with Crippen LogP contribution in [0.5, 0.6) is 0 Å². The fraction of sp³-hybridized carbons (Fsp3) is 0.344. The first kappa shape index (κ1) is 31.0. The van der Waals surface area contributed by atoms with E-state index in [1.165, 1.54) is 0 Å². The summed E-state index contributed by atoms with van der Waals surface area (Å²) >= 11 is 12.7. The minimum Gasteiger partial charge on any atom is -0.369 e. The molecule has 0 saturated carbocycles. The molecule has 0 atom stereocenters. The molecule has 0 N–H and O–H groups in total. The van der Waals surface area contributed by atoms with Crippen LogP contribution >= 0.6 is 23.2 Å². The second-order valence-corrected chi connectivity index (χ2v) is 13.8. The molecule has 0 spiro atoms. The summed E-state index contributed by atoms with van der Waals surface area (Å²) < 4.78 is 48.5. The molecule has 3 heterocycles. The molecular formula is C32H34Cl2N4O5S. The SMILES string of the molecule is Cc1cccc(S(=O)(=O)N2CCN(c3ccc(COC4COC(Cn5ccnc5)(c5ccc(Cl)cc5Cl)OC4)cc3)CC2)c1. The van der Waals surface area contributed by atoms with Crippen LogP contribution in [0.2, 0.25) is 10.0 Å². The van der Waals surface area contributed by atoms with Gasteiger partial charge in [-0.3, -0.25) is 0 Å². The van der Waals surface area contributed by atoms with Crippen LogP contribution in [-0.4, -0.2) is 67.8 Å². The van der Waals surface area contributed by atoms with E-state index in [9.17, 15) is 8.42 Å². The molecule has 0 bridgehead atoms.